The highest BCUT2D eigenvalue weighted by Crippen LogP contribution is 2.51. The van der Waals surface area contributed by atoms with Crippen molar-refractivity contribution in [3.05, 3.63) is 71.8 Å². The number of carboxylic acid groups (broad SMARTS) is 1. The minimum Gasteiger partial charge on any atom is -0.479 e. The second-order valence-corrected chi connectivity index (χ2v) is 26.1. The Balaban J connectivity index is 0.000000274. The van der Waals surface area contributed by atoms with Crippen molar-refractivity contribution in [3.8, 4) is 0 Å². The van der Waals surface area contributed by atoms with Crippen LogP contribution in [0.2, 0.25) is 0 Å². The van der Waals surface area contributed by atoms with Gasteiger partial charge in [-0.05, 0) is 86.8 Å². The molecule has 4 fully saturated rings. The fourth-order valence-corrected chi connectivity index (χ4v) is 17.0. The van der Waals surface area contributed by atoms with Gasteiger partial charge in [-0.1, -0.05) is 87.4 Å². The van der Waals surface area contributed by atoms with Crippen LogP contribution >= 0.6 is 47.0 Å². The number of carbonyl (C=O) groups excluding carboxylic acids is 9. The van der Waals surface area contributed by atoms with Gasteiger partial charge in [0, 0.05) is 63.5 Å². The fourth-order valence-electron chi connectivity index (χ4n) is 10.0. The second-order valence-electron chi connectivity index (χ2n) is 19.6. The standard InChI is InChI=1S/C27H37N3O5S2.C27H36N2O6S2/c1-3-8-19(15-22(32)20-16-27(17-30(20)2)36-13-7-14-37-27)25(34)21(31)11-12-23(33)29-24(26(28)35)18-9-5-4-6-10-18;1-3-8-19(15-22(31)20-16-27(17-29(20)2)36-13-7-14-37-27)25(33)21(30)11-12-23(32)28-24(26(34)35)18-9-5-4-6-10-18/h4-6,9-10,19-20,24H,3,7-8,11-17H2,1-2H3,(H2,28,35)(H,29,33);4-6,9-10,19-20,24H,3,7-8,11-17H2,1-2H3,(H,28,32)(H,34,35)/t2*19?,20-,24-/m00/s1. The van der Waals surface area contributed by atoms with Crippen LogP contribution in [0.4, 0.5) is 0 Å². The molecule has 74 heavy (non-hydrogen) atoms. The van der Waals surface area contributed by atoms with E-state index < -0.39 is 70.7 Å². The summed E-state index contributed by atoms with van der Waals surface area (Å²) < 4.78 is 0.0810. The van der Waals surface area contributed by atoms with Gasteiger partial charge >= 0.3 is 5.97 Å². The maximum Gasteiger partial charge on any atom is 0.330 e. The van der Waals surface area contributed by atoms with Gasteiger partial charge in [-0.15, -0.1) is 47.0 Å². The number of carboxylic acids is 1. The van der Waals surface area contributed by atoms with E-state index in [9.17, 15) is 53.1 Å². The number of nitrogens with two attached hydrogens (primary N) is 1. The molecule has 6 atom stereocenters. The SMILES string of the molecule is CCCC(CC(=O)[C@@H]1CC2(CN1C)SCCCS2)C(=O)C(=O)CCC(=O)N[C@H](C(=O)O)c1ccccc1.CCCC(CC(=O)[C@@H]1CC2(CN1C)SCCCS2)C(=O)C(=O)CCC(=O)N[C@H](C(N)=O)c1ccccc1. The molecule has 2 spiro atoms. The first-order valence-electron chi connectivity index (χ1n) is 25.7. The summed E-state index contributed by atoms with van der Waals surface area (Å²) in [4.78, 5) is 130. The van der Waals surface area contributed by atoms with Gasteiger partial charge in [0.15, 0.2) is 29.2 Å². The quantitative estimate of drug-likeness (QED) is 0.0746. The zero-order valence-corrected chi connectivity index (χ0v) is 46.3. The molecule has 5 N–H and O–H groups in total. The summed E-state index contributed by atoms with van der Waals surface area (Å²) in [7, 11) is 3.91. The number of thioether (sulfide) groups is 4. The minimum absolute atomic E-state index is 0.00403. The molecule has 6 rings (SSSR count). The highest BCUT2D eigenvalue weighted by Gasteiger charge is 2.49. The minimum atomic E-state index is -1.24. The summed E-state index contributed by atoms with van der Waals surface area (Å²) in [5.41, 5.74) is 6.39. The summed E-state index contributed by atoms with van der Waals surface area (Å²) in [5.74, 6) is -2.62. The number of nitrogens with zero attached hydrogens (tertiary/aromatic N) is 2. The lowest BCUT2D eigenvalue weighted by atomic mass is 9.87. The van der Waals surface area contributed by atoms with E-state index in [1.54, 1.807) is 60.7 Å². The van der Waals surface area contributed by atoms with Crippen LogP contribution in [0.15, 0.2) is 60.7 Å². The van der Waals surface area contributed by atoms with Crippen LogP contribution in [0, 0.1) is 11.8 Å². The first kappa shape index (κ1) is 60.5. The number of likely N-dealkylation sites (N-methyl/N-ethyl adjacent to an activating group) is 2. The summed E-state index contributed by atoms with van der Waals surface area (Å²) in [6, 6.07) is 14.1. The number of likely N-dealkylation sites (tertiary alicyclic amines) is 2. The molecule has 4 aliphatic rings. The molecule has 16 nitrogen and oxygen atoms in total. The van der Waals surface area contributed by atoms with Gasteiger partial charge in [0.25, 0.3) is 0 Å². The van der Waals surface area contributed by atoms with Gasteiger partial charge in [-0.2, -0.15) is 0 Å². The maximum atomic E-state index is 13.2. The topological polar surface area (TPSA) is 247 Å². The number of primary amides is 1. The lowest BCUT2D eigenvalue weighted by Gasteiger charge is -2.31. The molecule has 0 radical (unpaired) electrons. The van der Waals surface area contributed by atoms with Gasteiger partial charge in [-0.3, -0.25) is 53.0 Å². The molecule has 4 aliphatic heterocycles. The highest BCUT2D eigenvalue weighted by molar-refractivity contribution is 8.19. The van der Waals surface area contributed by atoms with Crippen LogP contribution in [0.1, 0.15) is 127 Å². The molecule has 2 aromatic rings. The van der Waals surface area contributed by atoms with Gasteiger partial charge < -0.3 is 21.5 Å². The van der Waals surface area contributed by atoms with Crippen molar-refractivity contribution in [2.24, 2.45) is 17.6 Å². The predicted molar refractivity (Wildman–Crippen MR) is 293 cm³/mol. The number of hydrogen-bond donors (Lipinski definition) is 4. The third kappa shape index (κ3) is 17.3. The number of amides is 3. The Morgan fingerprint density at radius 1 is 0.595 bits per heavy atom. The summed E-state index contributed by atoms with van der Waals surface area (Å²) in [6.45, 7) is 5.50. The van der Waals surface area contributed by atoms with E-state index in [1.807, 2.05) is 75.0 Å². The van der Waals surface area contributed by atoms with E-state index in [0.29, 0.717) is 36.8 Å². The van der Waals surface area contributed by atoms with E-state index in [-0.39, 0.29) is 70.3 Å². The number of ketones is 6. The average molecular weight is 1100 g/mol. The van der Waals surface area contributed by atoms with Crippen LogP contribution in [0.5, 0.6) is 0 Å². The number of hydrogen-bond acceptors (Lipinski definition) is 16. The third-order valence-corrected chi connectivity index (χ3v) is 20.5. The molecule has 2 unspecified atom stereocenters. The number of nitrogens with one attached hydrogen (secondary N) is 2. The van der Waals surface area contributed by atoms with Gasteiger partial charge in [0.05, 0.1) is 20.2 Å². The molecule has 0 aliphatic carbocycles. The maximum absolute atomic E-state index is 13.2. The van der Waals surface area contributed by atoms with Crippen LogP contribution in [0.3, 0.4) is 0 Å². The lowest BCUT2D eigenvalue weighted by Crippen LogP contribution is -2.38. The summed E-state index contributed by atoms with van der Waals surface area (Å²) >= 11 is 7.72. The number of carbonyl (C=O) groups is 10. The second kappa shape index (κ2) is 29.3. The number of Topliss-reactive ketones (excluding diaryl/α,β-unsaturated/α-hetero) is 6. The van der Waals surface area contributed by atoms with E-state index in [4.69, 9.17) is 5.73 Å². The lowest BCUT2D eigenvalue weighted by molar-refractivity contribution is -0.142. The molecule has 20 heteroatoms. The predicted octanol–water partition coefficient (Wildman–Crippen LogP) is 6.39. The van der Waals surface area contributed by atoms with Crippen molar-refractivity contribution in [1.82, 2.24) is 20.4 Å². The van der Waals surface area contributed by atoms with Crippen LogP contribution < -0.4 is 16.4 Å². The van der Waals surface area contributed by atoms with E-state index >= 15 is 0 Å². The van der Waals surface area contributed by atoms with Crippen molar-refractivity contribution in [2.45, 2.75) is 136 Å². The van der Waals surface area contributed by atoms with E-state index in [2.05, 4.69) is 20.4 Å². The summed E-state index contributed by atoms with van der Waals surface area (Å²) in [6.07, 6.45) is 5.03. The number of aliphatic carboxylic acids is 1. The van der Waals surface area contributed by atoms with Crippen molar-refractivity contribution in [2.75, 3.05) is 50.2 Å². The largest absolute Gasteiger partial charge is 0.479 e. The van der Waals surface area contributed by atoms with Crippen LogP contribution in [-0.2, 0) is 47.9 Å². The molecule has 2 aromatic carbocycles. The molecule has 3 amide bonds. The number of benzene rings is 2. The smallest absolute Gasteiger partial charge is 0.330 e. The van der Waals surface area contributed by atoms with Crippen LogP contribution in [0.25, 0.3) is 0 Å². The first-order chi connectivity index (χ1) is 35.3. The molecule has 0 bridgehead atoms. The normalized spacial score (nSPS) is 20.8. The zero-order valence-electron chi connectivity index (χ0n) is 43.0. The molecular formula is C54H73N5O11S4. The Kier molecular flexibility index (Phi) is 23.9. The Labute approximate surface area is 452 Å². The monoisotopic (exact) mass is 1100 g/mol. The first-order valence-corrected chi connectivity index (χ1v) is 29.6. The highest BCUT2D eigenvalue weighted by atomic mass is 32.2. The third-order valence-electron chi connectivity index (χ3n) is 13.9. The van der Waals surface area contributed by atoms with Crippen LogP contribution in [-0.4, -0.2) is 144 Å². The number of rotatable bonds is 26. The Morgan fingerprint density at radius 3 is 1.31 bits per heavy atom. The van der Waals surface area contributed by atoms with E-state index in [1.165, 1.54) is 12.8 Å². The van der Waals surface area contributed by atoms with Gasteiger partial charge in [0.2, 0.25) is 29.3 Å². The molecule has 4 saturated heterocycles. The van der Waals surface area contributed by atoms with Crippen molar-refractivity contribution < 1.29 is 53.1 Å². The zero-order chi connectivity index (χ0) is 54.0. The van der Waals surface area contributed by atoms with Crippen molar-refractivity contribution in [1.29, 1.82) is 0 Å². The Morgan fingerprint density at radius 2 is 0.959 bits per heavy atom. The van der Waals surface area contributed by atoms with Gasteiger partial charge in [-0.25, -0.2) is 4.79 Å². The molecule has 4 heterocycles. The average Bonchev–Trinajstić information content (AvgIpc) is 3.89. The Hall–Kier alpha value is -4.34. The molecule has 0 aromatic heterocycles. The molecule has 404 valence electrons. The molecule has 0 saturated carbocycles. The van der Waals surface area contributed by atoms with Crippen molar-refractivity contribution in [3.63, 3.8) is 0 Å². The summed E-state index contributed by atoms with van der Waals surface area (Å²) in [5, 5.41) is 14.4. The molecular weight excluding hydrogens is 1020 g/mol. The van der Waals surface area contributed by atoms with Gasteiger partial charge in [0.1, 0.15) is 6.04 Å². The fraction of sp³-hybridized carbons (Fsp3) is 0.593. The Bertz CT molecular complexity index is 2150. The van der Waals surface area contributed by atoms with Crippen molar-refractivity contribution >= 4 is 105 Å². The van der Waals surface area contributed by atoms with E-state index in [0.717, 1.165) is 48.9 Å².